The van der Waals surface area contributed by atoms with Crippen LogP contribution in [-0.2, 0) is 11.2 Å². The summed E-state index contributed by atoms with van der Waals surface area (Å²) in [5.74, 6) is -0.828. The predicted octanol–water partition coefficient (Wildman–Crippen LogP) is 4.28. The molecule has 2 rings (SSSR count). The molecule has 3 nitrogen and oxygen atoms in total. The van der Waals surface area contributed by atoms with E-state index in [9.17, 15) is 9.18 Å². The first kappa shape index (κ1) is 14.8. The van der Waals surface area contributed by atoms with Gasteiger partial charge in [0, 0.05) is 6.08 Å². The number of carboxylic acid groups (broad SMARTS) is 1. The molecule has 2 aromatic carbocycles. The molecule has 0 atom stereocenters. The minimum atomic E-state index is -1.14. The van der Waals surface area contributed by atoms with Crippen molar-refractivity contribution in [1.82, 2.24) is 0 Å². The summed E-state index contributed by atoms with van der Waals surface area (Å²) in [4.78, 5) is 10.6. The van der Waals surface area contributed by atoms with Crippen molar-refractivity contribution in [3.8, 4) is 11.5 Å². The molecule has 21 heavy (non-hydrogen) atoms. The second-order valence-electron chi connectivity index (χ2n) is 4.42. The zero-order valence-electron chi connectivity index (χ0n) is 11.5. The third-order valence-electron chi connectivity index (χ3n) is 2.96. The SMILES string of the molecule is CCc1ccc(Oc2cccc(F)c2/C=C/C(=O)O)cc1. The van der Waals surface area contributed by atoms with E-state index in [0.717, 1.165) is 12.5 Å². The van der Waals surface area contributed by atoms with Crippen LogP contribution in [0.4, 0.5) is 4.39 Å². The van der Waals surface area contributed by atoms with Crippen LogP contribution in [0.5, 0.6) is 11.5 Å². The van der Waals surface area contributed by atoms with Crippen LogP contribution in [-0.4, -0.2) is 11.1 Å². The molecule has 0 spiro atoms. The van der Waals surface area contributed by atoms with Gasteiger partial charge in [-0.3, -0.25) is 0 Å². The van der Waals surface area contributed by atoms with Crippen LogP contribution in [0.15, 0.2) is 48.5 Å². The number of aliphatic carboxylic acids is 1. The van der Waals surface area contributed by atoms with Crippen LogP contribution < -0.4 is 4.74 Å². The molecule has 0 saturated heterocycles. The summed E-state index contributed by atoms with van der Waals surface area (Å²) in [6.07, 6.45) is 2.99. The quantitative estimate of drug-likeness (QED) is 0.834. The predicted molar refractivity (Wildman–Crippen MR) is 79.0 cm³/mol. The normalized spacial score (nSPS) is 10.8. The highest BCUT2D eigenvalue weighted by molar-refractivity contribution is 5.86. The maximum atomic E-state index is 13.8. The summed E-state index contributed by atoms with van der Waals surface area (Å²) in [5.41, 5.74) is 1.28. The van der Waals surface area contributed by atoms with Gasteiger partial charge in [0.1, 0.15) is 17.3 Å². The van der Waals surface area contributed by atoms with Gasteiger partial charge in [-0.25, -0.2) is 9.18 Å². The van der Waals surface area contributed by atoms with Crippen molar-refractivity contribution in [2.45, 2.75) is 13.3 Å². The summed E-state index contributed by atoms with van der Waals surface area (Å²) in [6, 6.07) is 11.8. The van der Waals surface area contributed by atoms with E-state index < -0.39 is 11.8 Å². The Balaban J connectivity index is 2.30. The minimum absolute atomic E-state index is 0.111. The highest BCUT2D eigenvalue weighted by Gasteiger charge is 2.08. The number of ether oxygens (including phenoxy) is 1. The molecule has 0 amide bonds. The molecule has 0 bridgehead atoms. The standard InChI is InChI=1S/C17H15FO3/c1-2-12-6-8-13(9-7-12)21-16-5-3-4-15(18)14(16)10-11-17(19)20/h3-11H,2H2,1H3,(H,19,20)/b11-10+. The largest absolute Gasteiger partial charge is 0.478 e. The van der Waals surface area contributed by atoms with Gasteiger partial charge in [-0.2, -0.15) is 0 Å². The molecule has 0 aromatic heterocycles. The lowest BCUT2D eigenvalue weighted by molar-refractivity contribution is -0.131. The van der Waals surface area contributed by atoms with Crippen LogP contribution in [0.25, 0.3) is 6.08 Å². The molecular weight excluding hydrogens is 271 g/mol. The molecule has 0 unspecified atom stereocenters. The monoisotopic (exact) mass is 286 g/mol. The van der Waals surface area contributed by atoms with Crippen molar-refractivity contribution in [3.63, 3.8) is 0 Å². The van der Waals surface area contributed by atoms with Crippen LogP contribution in [0.3, 0.4) is 0 Å². The van der Waals surface area contributed by atoms with Gasteiger partial charge >= 0.3 is 5.97 Å². The second kappa shape index (κ2) is 6.70. The number of carbonyl (C=O) groups is 1. The van der Waals surface area contributed by atoms with E-state index in [0.29, 0.717) is 5.75 Å². The Labute approximate surface area is 122 Å². The smallest absolute Gasteiger partial charge is 0.328 e. The van der Waals surface area contributed by atoms with Gasteiger partial charge in [0.15, 0.2) is 0 Å². The van der Waals surface area contributed by atoms with Gasteiger partial charge in [-0.15, -0.1) is 0 Å². The lowest BCUT2D eigenvalue weighted by atomic mass is 10.1. The van der Waals surface area contributed by atoms with Crippen molar-refractivity contribution in [2.24, 2.45) is 0 Å². The Bertz CT molecular complexity index is 660. The first-order valence-corrected chi connectivity index (χ1v) is 6.56. The van der Waals surface area contributed by atoms with E-state index in [1.807, 2.05) is 12.1 Å². The Morgan fingerprint density at radius 1 is 1.24 bits per heavy atom. The third-order valence-corrected chi connectivity index (χ3v) is 2.96. The Hall–Kier alpha value is -2.62. The van der Waals surface area contributed by atoms with Gasteiger partial charge in [-0.05, 0) is 42.3 Å². The first-order chi connectivity index (χ1) is 10.1. The fourth-order valence-electron chi connectivity index (χ4n) is 1.84. The molecule has 108 valence electrons. The van der Waals surface area contributed by atoms with E-state index >= 15 is 0 Å². The van der Waals surface area contributed by atoms with E-state index in [1.165, 1.54) is 23.8 Å². The molecule has 4 heteroatoms. The van der Waals surface area contributed by atoms with Crippen LogP contribution in [0.1, 0.15) is 18.1 Å². The second-order valence-corrected chi connectivity index (χ2v) is 4.42. The molecule has 0 saturated carbocycles. The zero-order chi connectivity index (χ0) is 15.2. The van der Waals surface area contributed by atoms with Crippen molar-refractivity contribution >= 4 is 12.0 Å². The van der Waals surface area contributed by atoms with Crippen molar-refractivity contribution < 1.29 is 19.0 Å². The van der Waals surface area contributed by atoms with E-state index in [-0.39, 0.29) is 11.3 Å². The summed E-state index contributed by atoms with van der Waals surface area (Å²) < 4.78 is 19.4. The molecule has 0 aliphatic heterocycles. The maximum Gasteiger partial charge on any atom is 0.328 e. The van der Waals surface area contributed by atoms with Gasteiger partial charge in [-0.1, -0.05) is 25.1 Å². The number of rotatable bonds is 5. The van der Waals surface area contributed by atoms with Crippen LogP contribution >= 0.6 is 0 Å². The Kier molecular flexibility index (Phi) is 4.72. The molecular formula is C17H15FO3. The molecule has 0 aliphatic carbocycles. The number of aryl methyl sites for hydroxylation is 1. The third kappa shape index (κ3) is 3.92. The summed E-state index contributed by atoms with van der Waals surface area (Å²) in [5, 5.41) is 8.65. The van der Waals surface area contributed by atoms with Crippen molar-refractivity contribution in [1.29, 1.82) is 0 Å². The van der Waals surface area contributed by atoms with Gasteiger partial charge in [0.05, 0.1) is 5.56 Å². The Morgan fingerprint density at radius 2 is 1.95 bits per heavy atom. The molecule has 0 fully saturated rings. The molecule has 0 aliphatic rings. The van der Waals surface area contributed by atoms with Gasteiger partial charge in [0.25, 0.3) is 0 Å². The lowest BCUT2D eigenvalue weighted by Gasteiger charge is -2.10. The number of hydrogen-bond donors (Lipinski definition) is 1. The maximum absolute atomic E-state index is 13.8. The summed E-state index contributed by atoms with van der Waals surface area (Å²) in [6.45, 7) is 2.05. The lowest BCUT2D eigenvalue weighted by Crippen LogP contribution is -1.93. The summed E-state index contributed by atoms with van der Waals surface area (Å²) >= 11 is 0. The fraction of sp³-hybridized carbons (Fsp3) is 0.118. The van der Waals surface area contributed by atoms with Gasteiger partial charge in [0.2, 0.25) is 0 Å². The van der Waals surface area contributed by atoms with Crippen LogP contribution in [0.2, 0.25) is 0 Å². The topological polar surface area (TPSA) is 46.5 Å². The molecule has 2 aromatic rings. The van der Waals surface area contributed by atoms with E-state index in [4.69, 9.17) is 9.84 Å². The fourth-order valence-corrected chi connectivity index (χ4v) is 1.84. The molecule has 1 N–H and O–H groups in total. The van der Waals surface area contributed by atoms with E-state index in [1.54, 1.807) is 18.2 Å². The molecule has 0 radical (unpaired) electrons. The highest BCUT2D eigenvalue weighted by Crippen LogP contribution is 2.28. The average Bonchev–Trinajstić information content (AvgIpc) is 2.47. The summed E-state index contributed by atoms with van der Waals surface area (Å²) in [7, 11) is 0. The Morgan fingerprint density at radius 3 is 2.57 bits per heavy atom. The number of carboxylic acids is 1. The zero-order valence-corrected chi connectivity index (χ0v) is 11.5. The van der Waals surface area contributed by atoms with Crippen molar-refractivity contribution in [3.05, 3.63) is 65.5 Å². The van der Waals surface area contributed by atoms with Crippen LogP contribution in [0, 0.1) is 5.82 Å². The highest BCUT2D eigenvalue weighted by atomic mass is 19.1. The van der Waals surface area contributed by atoms with Crippen molar-refractivity contribution in [2.75, 3.05) is 0 Å². The number of benzene rings is 2. The first-order valence-electron chi connectivity index (χ1n) is 6.56. The van der Waals surface area contributed by atoms with Gasteiger partial charge < -0.3 is 9.84 Å². The number of hydrogen-bond acceptors (Lipinski definition) is 2. The van der Waals surface area contributed by atoms with E-state index in [2.05, 4.69) is 6.92 Å². The number of halogens is 1. The average molecular weight is 286 g/mol. The molecule has 0 heterocycles. The minimum Gasteiger partial charge on any atom is -0.478 e.